The second-order valence-electron chi connectivity index (χ2n) is 5.79. The van der Waals surface area contributed by atoms with E-state index in [4.69, 9.17) is 4.74 Å². The van der Waals surface area contributed by atoms with Gasteiger partial charge in [-0.15, -0.1) is 11.3 Å². The van der Waals surface area contributed by atoms with Gasteiger partial charge in [-0.25, -0.2) is 9.78 Å². The van der Waals surface area contributed by atoms with E-state index in [0.717, 1.165) is 16.3 Å². The lowest BCUT2D eigenvalue weighted by Gasteiger charge is -2.19. The third-order valence-corrected chi connectivity index (χ3v) is 4.95. The van der Waals surface area contributed by atoms with Crippen molar-refractivity contribution in [2.24, 2.45) is 5.92 Å². The van der Waals surface area contributed by atoms with Crippen LogP contribution in [0.15, 0.2) is 29.6 Å². The number of nitrogens with one attached hydrogen (secondary N) is 1. The molecule has 0 aliphatic heterocycles. The van der Waals surface area contributed by atoms with Gasteiger partial charge in [0.25, 0.3) is 0 Å². The zero-order valence-electron chi connectivity index (χ0n) is 14.5. The average molecular weight is 362 g/mol. The number of ether oxygens (including phenoxy) is 1. The van der Waals surface area contributed by atoms with Crippen molar-refractivity contribution in [1.29, 1.82) is 0 Å². The number of nitrogens with zero attached hydrogens (tertiary/aromatic N) is 1. The van der Waals surface area contributed by atoms with Crippen molar-refractivity contribution in [3.05, 3.63) is 35.3 Å². The molecule has 2 rings (SSSR count). The van der Waals surface area contributed by atoms with Crippen molar-refractivity contribution in [1.82, 2.24) is 10.3 Å². The normalized spacial score (nSPS) is 13.1. The molecule has 25 heavy (non-hydrogen) atoms. The van der Waals surface area contributed by atoms with E-state index in [2.05, 4.69) is 10.3 Å². The summed E-state index contributed by atoms with van der Waals surface area (Å²) in [5.41, 5.74) is 1.47. The Bertz CT molecular complexity index is 744. The molecule has 2 atom stereocenters. The summed E-state index contributed by atoms with van der Waals surface area (Å²) in [6, 6.07) is 6.66. The molecule has 6 nitrogen and oxygen atoms in total. The molecule has 1 heterocycles. The van der Waals surface area contributed by atoms with Gasteiger partial charge in [-0.05, 0) is 18.1 Å². The Kier molecular flexibility index (Phi) is 6.52. The lowest BCUT2D eigenvalue weighted by molar-refractivity contribution is -0.143. The number of thiazole rings is 1. The van der Waals surface area contributed by atoms with Crippen LogP contribution in [0.25, 0.3) is 10.6 Å². The summed E-state index contributed by atoms with van der Waals surface area (Å²) in [5, 5.41) is 14.4. The zero-order valence-corrected chi connectivity index (χ0v) is 15.3. The first-order chi connectivity index (χ1) is 12.0. The minimum absolute atomic E-state index is 0.0475. The molecule has 0 saturated heterocycles. The molecule has 134 valence electrons. The molecule has 0 fully saturated rings. The van der Waals surface area contributed by atoms with Crippen LogP contribution in [0.1, 0.15) is 26.0 Å². The summed E-state index contributed by atoms with van der Waals surface area (Å²) in [6.45, 7) is 3.70. The topological polar surface area (TPSA) is 88.5 Å². The molecule has 0 saturated carbocycles. The predicted molar refractivity (Wildman–Crippen MR) is 96.8 cm³/mol. The quantitative estimate of drug-likeness (QED) is 0.754. The molecule has 7 heteroatoms. The Balaban J connectivity index is 2.08. The third kappa shape index (κ3) is 4.79. The molecule has 0 radical (unpaired) electrons. The van der Waals surface area contributed by atoms with E-state index in [1.54, 1.807) is 12.5 Å². The second-order valence-corrected chi connectivity index (χ2v) is 6.65. The largest absolute Gasteiger partial charge is 0.496 e. The Hall–Kier alpha value is -2.41. The van der Waals surface area contributed by atoms with Gasteiger partial charge in [-0.1, -0.05) is 32.4 Å². The van der Waals surface area contributed by atoms with Gasteiger partial charge in [0, 0.05) is 5.38 Å². The molecule has 0 aliphatic carbocycles. The molecule has 1 aromatic carbocycles. The SMILES string of the molecule is CCC(C)C(NC(=O)Cc1csc(-c2ccccc2OC)n1)C(=O)O. The van der Waals surface area contributed by atoms with Crippen LogP contribution in [0.4, 0.5) is 0 Å². The van der Waals surface area contributed by atoms with Crippen LogP contribution in [0.5, 0.6) is 5.75 Å². The third-order valence-electron chi connectivity index (χ3n) is 4.03. The molecular weight excluding hydrogens is 340 g/mol. The number of methoxy groups -OCH3 is 1. The van der Waals surface area contributed by atoms with Gasteiger partial charge < -0.3 is 15.2 Å². The van der Waals surface area contributed by atoms with Gasteiger partial charge in [-0.2, -0.15) is 0 Å². The summed E-state index contributed by atoms with van der Waals surface area (Å²) in [4.78, 5) is 28.0. The summed E-state index contributed by atoms with van der Waals surface area (Å²) in [5.74, 6) is -0.781. The van der Waals surface area contributed by atoms with E-state index in [1.807, 2.05) is 38.1 Å². The number of carboxylic acid groups (broad SMARTS) is 1. The molecule has 2 unspecified atom stereocenters. The highest BCUT2D eigenvalue weighted by Gasteiger charge is 2.25. The van der Waals surface area contributed by atoms with Crippen molar-refractivity contribution < 1.29 is 19.4 Å². The maximum absolute atomic E-state index is 12.2. The second kappa shape index (κ2) is 8.62. The number of hydrogen-bond acceptors (Lipinski definition) is 5. The molecule has 1 amide bonds. The summed E-state index contributed by atoms with van der Waals surface area (Å²) >= 11 is 1.42. The lowest BCUT2D eigenvalue weighted by Crippen LogP contribution is -2.45. The number of aliphatic carboxylic acids is 1. The van der Waals surface area contributed by atoms with Crippen LogP contribution < -0.4 is 10.1 Å². The van der Waals surface area contributed by atoms with Gasteiger partial charge in [0.05, 0.1) is 24.8 Å². The number of carboxylic acids is 1. The minimum Gasteiger partial charge on any atom is -0.496 e. The van der Waals surface area contributed by atoms with E-state index in [9.17, 15) is 14.7 Å². The van der Waals surface area contributed by atoms with Crippen molar-refractivity contribution in [2.75, 3.05) is 7.11 Å². The fourth-order valence-corrected chi connectivity index (χ4v) is 3.25. The van der Waals surface area contributed by atoms with Gasteiger partial charge in [0.1, 0.15) is 16.8 Å². The summed E-state index contributed by atoms with van der Waals surface area (Å²) in [7, 11) is 1.60. The number of rotatable bonds is 8. The number of carbonyl (C=O) groups is 2. The highest BCUT2D eigenvalue weighted by atomic mass is 32.1. The van der Waals surface area contributed by atoms with Gasteiger partial charge >= 0.3 is 5.97 Å². The summed E-state index contributed by atoms with van der Waals surface area (Å²) in [6.07, 6.45) is 0.720. The number of para-hydroxylation sites is 1. The standard InChI is InChI=1S/C18H22N2O4S/c1-4-11(2)16(18(22)23)20-15(21)9-12-10-25-17(19-12)13-7-5-6-8-14(13)24-3/h5-8,10-11,16H,4,9H2,1-3H3,(H,20,21)(H,22,23). The van der Waals surface area contributed by atoms with E-state index < -0.39 is 12.0 Å². The van der Waals surface area contributed by atoms with Crippen LogP contribution in [0.2, 0.25) is 0 Å². The Morgan fingerprint density at radius 3 is 2.72 bits per heavy atom. The van der Waals surface area contributed by atoms with E-state index in [1.165, 1.54) is 11.3 Å². The highest BCUT2D eigenvalue weighted by Crippen LogP contribution is 2.31. The first-order valence-electron chi connectivity index (χ1n) is 8.06. The molecular formula is C18H22N2O4S. The fourth-order valence-electron chi connectivity index (χ4n) is 2.41. The number of benzene rings is 1. The van der Waals surface area contributed by atoms with Crippen molar-refractivity contribution in [3.63, 3.8) is 0 Å². The van der Waals surface area contributed by atoms with Crippen molar-refractivity contribution in [3.8, 4) is 16.3 Å². The van der Waals surface area contributed by atoms with Crippen LogP contribution in [-0.4, -0.2) is 35.1 Å². The first-order valence-corrected chi connectivity index (χ1v) is 8.94. The van der Waals surface area contributed by atoms with E-state index in [0.29, 0.717) is 12.1 Å². The van der Waals surface area contributed by atoms with Crippen LogP contribution in [0.3, 0.4) is 0 Å². The highest BCUT2D eigenvalue weighted by molar-refractivity contribution is 7.13. The maximum atomic E-state index is 12.2. The molecule has 2 N–H and O–H groups in total. The van der Waals surface area contributed by atoms with Crippen LogP contribution in [0, 0.1) is 5.92 Å². The number of carbonyl (C=O) groups excluding carboxylic acids is 1. The Labute approximate surface area is 150 Å². The molecule has 0 bridgehead atoms. The Morgan fingerprint density at radius 1 is 1.36 bits per heavy atom. The zero-order chi connectivity index (χ0) is 18.4. The molecule has 1 aromatic heterocycles. The van der Waals surface area contributed by atoms with Crippen molar-refractivity contribution in [2.45, 2.75) is 32.7 Å². The van der Waals surface area contributed by atoms with Crippen LogP contribution in [-0.2, 0) is 16.0 Å². The van der Waals surface area contributed by atoms with E-state index >= 15 is 0 Å². The fraction of sp³-hybridized carbons (Fsp3) is 0.389. The van der Waals surface area contributed by atoms with E-state index in [-0.39, 0.29) is 18.2 Å². The first kappa shape index (κ1) is 18.9. The number of amides is 1. The number of aromatic nitrogens is 1. The number of hydrogen-bond donors (Lipinski definition) is 2. The smallest absolute Gasteiger partial charge is 0.326 e. The predicted octanol–water partition coefficient (Wildman–Crippen LogP) is 2.98. The average Bonchev–Trinajstić information content (AvgIpc) is 3.06. The van der Waals surface area contributed by atoms with Gasteiger partial charge in [0.2, 0.25) is 5.91 Å². The molecule has 2 aromatic rings. The molecule has 0 aliphatic rings. The van der Waals surface area contributed by atoms with Gasteiger partial charge in [-0.3, -0.25) is 4.79 Å². The Morgan fingerprint density at radius 2 is 2.08 bits per heavy atom. The lowest BCUT2D eigenvalue weighted by atomic mass is 9.99. The molecule has 0 spiro atoms. The monoisotopic (exact) mass is 362 g/mol. The summed E-state index contributed by atoms with van der Waals surface area (Å²) < 4.78 is 5.33. The van der Waals surface area contributed by atoms with Crippen LogP contribution >= 0.6 is 11.3 Å². The minimum atomic E-state index is -1.02. The van der Waals surface area contributed by atoms with Crippen molar-refractivity contribution >= 4 is 23.2 Å². The maximum Gasteiger partial charge on any atom is 0.326 e. The van der Waals surface area contributed by atoms with Gasteiger partial charge in [0.15, 0.2) is 0 Å².